The molecule has 1 atom stereocenters. The zero-order valence-corrected chi connectivity index (χ0v) is 20.9. The zero-order valence-electron chi connectivity index (χ0n) is 20.9. The van der Waals surface area contributed by atoms with Gasteiger partial charge in [-0.1, -0.05) is 57.4 Å². The first-order valence-corrected chi connectivity index (χ1v) is 12.3. The highest BCUT2D eigenvalue weighted by atomic mass is 16.6. The number of ether oxygens (including phenoxy) is 1. The second-order valence-electron chi connectivity index (χ2n) is 9.78. The van der Waals surface area contributed by atoms with Gasteiger partial charge in [-0.2, -0.15) is 0 Å². The second-order valence-corrected chi connectivity index (χ2v) is 9.78. The predicted octanol–water partition coefficient (Wildman–Crippen LogP) is 4.50. The molecule has 3 amide bonds. The summed E-state index contributed by atoms with van der Waals surface area (Å²) >= 11 is 0. The minimum absolute atomic E-state index is 0.141. The molecule has 1 fully saturated rings. The Kier molecular flexibility index (Phi) is 10.2. The van der Waals surface area contributed by atoms with Crippen LogP contribution in [0.3, 0.4) is 0 Å². The van der Waals surface area contributed by atoms with Gasteiger partial charge < -0.3 is 20.3 Å². The van der Waals surface area contributed by atoms with Gasteiger partial charge in [-0.3, -0.25) is 9.59 Å². The van der Waals surface area contributed by atoms with Gasteiger partial charge in [0.2, 0.25) is 11.8 Å². The Bertz CT molecular complexity index is 780. The fourth-order valence-electron chi connectivity index (χ4n) is 4.14. The van der Waals surface area contributed by atoms with Crippen LogP contribution in [-0.2, 0) is 20.7 Å². The third-order valence-electron chi connectivity index (χ3n) is 5.78. The van der Waals surface area contributed by atoms with Crippen molar-refractivity contribution in [1.29, 1.82) is 0 Å². The Labute approximate surface area is 198 Å². The fourth-order valence-corrected chi connectivity index (χ4v) is 4.14. The van der Waals surface area contributed by atoms with Crippen LogP contribution in [0.5, 0.6) is 0 Å². The number of carbonyl (C=O) groups is 3. The van der Waals surface area contributed by atoms with Gasteiger partial charge in [0.15, 0.2) is 0 Å². The maximum Gasteiger partial charge on any atom is 0.408 e. The Balaban J connectivity index is 2.23. The molecule has 1 unspecified atom stereocenters. The van der Waals surface area contributed by atoms with Crippen LogP contribution < -0.4 is 10.6 Å². The molecular formula is C26H41N3O4. The van der Waals surface area contributed by atoms with Gasteiger partial charge in [0.25, 0.3) is 0 Å². The molecule has 1 aromatic rings. The summed E-state index contributed by atoms with van der Waals surface area (Å²) < 4.78 is 5.25. The monoisotopic (exact) mass is 459 g/mol. The van der Waals surface area contributed by atoms with Crippen molar-refractivity contribution in [2.24, 2.45) is 0 Å². The molecule has 7 nitrogen and oxygen atoms in total. The van der Waals surface area contributed by atoms with Crippen LogP contribution in [0, 0.1) is 0 Å². The van der Waals surface area contributed by atoms with E-state index in [9.17, 15) is 14.4 Å². The van der Waals surface area contributed by atoms with Gasteiger partial charge in [0, 0.05) is 12.6 Å². The summed E-state index contributed by atoms with van der Waals surface area (Å²) in [6.07, 6.45) is 6.30. The van der Waals surface area contributed by atoms with Gasteiger partial charge in [-0.15, -0.1) is 0 Å². The lowest BCUT2D eigenvalue weighted by atomic mass is 9.94. The summed E-state index contributed by atoms with van der Waals surface area (Å²) in [5.74, 6) is -0.476. The number of amides is 3. The summed E-state index contributed by atoms with van der Waals surface area (Å²) in [4.78, 5) is 40.4. The lowest BCUT2D eigenvalue weighted by Crippen LogP contribution is -2.50. The number of aryl methyl sites for hydroxylation is 1. The van der Waals surface area contributed by atoms with E-state index in [1.165, 1.54) is 12.0 Å². The van der Waals surface area contributed by atoms with Crippen LogP contribution in [0.1, 0.15) is 90.3 Å². The number of alkyl carbamates (subject to hydrolysis) is 1. The number of nitrogens with zero attached hydrogens (tertiary/aromatic N) is 1. The van der Waals surface area contributed by atoms with E-state index in [-0.39, 0.29) is 24.4 Å². The first-order valence-electron chi connectivity index (χ1n) is 12.3. The summed E-state index contributed by atoms with van der Waals surface area (Å²) in [5.41, 5.74) is 1.30. The van der Waals surface area contributed by atoms with Crippen LogP contribution >= 0.6 is 0 Å². The van der Waals surface area contributed by atoms with Crippen molar-refractivity contribution in [2.75, 3.05) is 13.1 Å². The lowest BCUT2D eigenvalue weighted by Gasteiger charge is -2.33. The molecule has 1 aliphatic rings. The van der Waals surface area contributed by atoms with Crippen molar-refractivity contribution in [3.63, 3.8) is 0 Å². The number of hydrogen-bond acceptors (Lipinski definition) is 4. The van der Waals surface area contributed by atoms with E-state index >= 15 is 0 Å². The van der Waals surface area contributed by atoms with E-state index in [4.69, 9.17) is 4.74 Å². The predicted molar refractivity (Wildman–Crippen MR) is 130 cm³/mol. The largest absolute Gasteiger partial charge is 0.444 e. The number of carbonyl (C=O) groups excluding carboxylic acids is 3. The van der Waals surface area contributed by atoms with E-state index < -0.39 is 17.7 Å². The topological polar surface area (TPSA) is 87.7 Å². The minimum atomic E-state index is -0.745. The first kappa shape index (κ1) is 26.7. The molecule has 1 aliphatic carbocycles. The van der Waals surface area contributed by atoms with Crippen LogP contribution in [0.2, 0.25) is 0 Å². The highest BCUT2D eigenvalue weighted by molar-refractivity contribution is 5.90. The van der Waals surface area contributed by atoms with Crippen molar-refractivity contribution in [3.05, 3.63) is 35.4 Å². The van der Waals surface area contributed by atoms with Crippen LogP contribution in [0.15, 0.2) is 24.3 Å². The highest BCUT2D eigenvalue weighted by Gasteiger charge is 2.32. The molecule has 0 aromatic heterocycles. The fraction of sp³-hybridized carbons (Fsp3) is 0.654. The molecule has 1 saturated carbocycles. The van der Waals surface area contributed by atoms with Crippen molar-refractivity contribution in [3.8, 4) is 0 Å². The highest BCUT2D eigenvalue weighted by Crippen LogP contribution is 2.25. The molecular weight excluding hydrogens is 418 g/mol. The Hall–Kier alpha value is -2.57. The minimum Gasteiger partial charge on any atom is -0.444 e. The SMILES string of the molecule is CCCN(C(=O)CNC(=O)OC(C)(C)C)C(C(=O)NC1CCCCC1)c1ccc(CC)cc1. The quantitative estimate of drug-likeness (QED) is 0.569. The van der Waals surface area contributed by atoms with Gasteiger partial charge in [-0.25, -0.2) is 4.79 Å². The number of rotatable bonds is 9. The molecule has 0 aliphatic heterocycles. The molecule has 0 bridgehead atoms. The summed E-state index contributed by atoms with van der Waals surface area (Å²) in [6.45, 7) is 9.54. The van der Waals surface area contributed by atoms with Gasteiger partial charge in [0.05, 0.1) is 0 Å². The third kappa shape index (κ3) is 8.71. The average Bonchev–Trinajstić information content (AvgIpc) is 2.77. The van der Waals surface area contributed by atoms with Gasteiger partial charge >= 0.3 is 6.09 Å². The standard InChI is InChI=1S/C26H41N3O4/c1-6-17-29(22(30)18-27-25(32)33-26(3,4)5)23(20-15-13-19(7-2)14-16-20)24(31)28-21-11-9-8-10-12-21/h13-16,21,23H,6-12,17-18H2,1-5H3,(H,27,32)(H,28,31). The first-order chi connectivity index (χ1) is 15.6. The average molecular weight is 460 g/mol. The summed E-state index contributed by atoms with van der Waals surface area (Å²) in [6, 6.07) is 7.27. The molecule has 0 radical (unpaired) electrons. The van der Waals surface area contributed by atoms with Crippen LogP contribution in [0.4, 0.5) is 4.79 Å². The van der Waals surface area contributed by atoms with E-state index in [0.717, 1.165) is 37.7 Å². The van der Waals surface area contributed by atoms with Crippen molar-refractivity contribution < 1.29 is 19.1 Å². The molecule has 0 saturated heterocycles. The second kappa shape index (κ2) is 12.6. The van der Waals surface area contributed by atoms with Crippen molar-refractivity contribution in [1.82, 2.24) is 15.5 Å². The summed E-state index contributed by atoms with van der Waals surface area (Å²) in [7, 11) is 0. The Morgan fingerprint density at radius 3 is 2.24 bits per heavy atom. The molecule has 0 spiro atoms. The van der Waals surface area contributed by atoms with Gasteiger partial charge in [-0.05, 0) is 57.6 Å². The molecule has 7 heteroatoms. The lowest BCUT2D eigenvalue weighted by molar-refractivity contribution is -0.140. The van der Waals surface area contributed by atoms with Crippen LogP contribution in [-0.4, -0.2) is 47.5 Å². The van der Waals surface area contributed by atoms with E-state index in [1.807, 2.05) is 31.2 Å². The molecule has 0 heterocycles. The normalized spacial score (nSPS) is 15.4. The molecule has 184 valence electrons. The molecule has 2 rings (SSSR count). The third-order valence-corrected chi connectivity index (χ3v) is 5.78. The molecule has 1 aromatic carbocycles. The van der Waals surface area contributed by atoms with E-state index in [1.54, 1.807) is 25.7 Å². The van der Waals surface area contributed by atoms with Crippen molar-refractivity contribution >= 4 is 17.9 Å². The smallest absolute Gasteiger partial charge is 0.408 e. The maximum atomic E-state index is 13.5. The van der Waals surface area contributed by atoms with Gasteiger partial charge in [0.1, 0.15) is 18.2 Å². The Morgan fingerprint density at radius 2 is 1.70 bits per heavy atom. The van der Waals surface area contributed by atoms with E-state index in [2.05, 4.69) is 17.6 Å². The van der Waals surface area contributed by atoms with Crippen molar-refractivity contribution in [2.45, 2.75) is 97.2 Å². The number of benzene rings is 1. The number of nitrogens with one attached hydrogen (secondary N) is 2. The maximum absolute atomic E-state index is 13.5. The molecule has 33 heavy (non-hydrogen) atoms. The molecule has 2 N–H and O–H groups in total. The number of hydrogen-bond donors (Lipinski definition) is 2. The summed E-state index contributed by atoms with van der Waals surface area (Å²) in [5, 5.41) is 5.73. The van der Waals surface area contributed by atoms with E-state index in [0.29, 0.717) is 13.0 Å². The zero-order chi connectivity index (χ0) is 24.4. The Morgan fingerprint density at radius 1 is 1.06 bits per heavy atom. The van der Waals surface area contributed by atoms with Crippen LogP contribution in [0.25, 0.3) is 0 Å².